The van der Waals surface area contributed by atoms with Crippen LogP contribution in [0.3, 0.4) is 0 Å². The molecule has 1 rings (SSSR count). The first-order valence-electron chi connectivity index (χ1n) is 4.93. The summed E-state index contributed by atoms with van der Waals surface area (Å²) < 4.78 is 40.7. The van der Waals surface area contributed by atoms with E-state index in [4.69, 9.17) is 5.73 Å². The Morgan fingerprint density at radius 2 is 2.17 bits per heavy atom. The van der Waals surface area contributed by atoms with Gasteiger partial charge in [-0.2, -0.15) is 13.2 Å². The summed E-state index contributed by atoms with van der Waals surface area (Å²) in [6, 6.07) is 0. The van der Waals surface area contributed by atoms with Crippen LogP contribution in [-0.2, 0) is 4.74 Å². The highest BCUT2D eigenvalue weighted by atomic mass is 19.4. The first kappa shape index (κ1) is 14.0. The normalized spacial score (nSPS) is 11.1. The maximum absolute atomic E-state index is 12.0. The number of carbonyl (C=O) groups excluding carboxylic acids is 1. The topological polar surface area (TPSA) is 90.1 Å². The number of carbonyl (C=O) groups is 1. The molecule has 0 bridgehead atoms. The second kappa shape index (κ2) is 5.52. The van der Waals surface area contributed by atoms with Gasteiger partial charge in [-0.3, -0.25) is 0 Å². The number of nitrogens with two attached hydrogens (primary N) is 1. The molecule has 0 amide bonds. The van der Waals surface area contributed by atoms with E-state index in [9.17, 15) is 18.0 Å². The molecule has 0 fully saturated rings. The van der Waals surface area contributed by atoms with Crippen molar-refractivity contribution < 1.29 is 22.7 Å². The molecule has 0 spiro atoms. The van der Waals surface area contributed by atoms with Crippen molar-refractivity contribution in [2.45, 2.75) is 13.1 Å². The number of alkyl halides is 3. The van der Waals surface area contributed by atoms with Crippen LogP contribution in [0.1, 0.15) is 17.4 Å². The van der Waals surface area contributed by atoms with Crippen LogP contribution in [0, 0.1) is 0 Å². The van der Waals surface area contributed by atoms with E-state index in [-0.39, 0.29) is 23.8 Å². The molecular formula is C9H11F3N4O2. The molecule has 6 nitrogen and oxygen atoms in total. The fourth-order valence-electron chi connectivity index (χ4n) is 1.08. The lowest BCUT2D eigenvalue weighted by molar-refractivity contribution is -0.115. The van der Waals surface area contributed by atoms with E-state index in [0.29, 0.717) is 0 Å². The molecule has 1 aromatic heterocycles. The molecule has 1 aromatic rings. The summed E-state index contributed by atoms with van der Waals surface area (Å²) in [5.74, 6) is -1.07. The van der Waals surface area contributed by atoms with Crippen LogP contribution >= 0.6 is 0 Å². The maximum atomic E-state index is 12.0. The monoisotopic (exact) mass is 264 g/mol. The van der Waals surface area contributed by atoms with E-state index >= 15 is 0 Å². The molecule has 0 aromatic carbocycles. The quantitative estimate of drug-likeness (QED) is 0.794. The summed E-state index contributed by atoms with van der Waals surface area (Å²) >= 11 is 0. The number of ether oxygens (including phenoxy) is 1. The summed E-state index contributed by atoms with van der Waals surface area (Å²) in [5, 5.41) is 1.98. The van der Waals surface area contributed by atoms with Gasteiger partial charge in [0.25, 0.3) is 0 Å². The third-order valence-electron chi connectivity index (χ3n) is 1.81. The first-order valence-corrected chi connectivity index (χ1v) is 4.93. The zero-order valence-electron chi connectivity index (χ0n) is 9.41. The molecule has 0 aliphatic carbocycles. The molecule has 0 unspecified atom stereocenters. The van der Waals surface area contributed by atoms with Crippen LogP contribution in [0.4, 0.5) is 24.7 Å². The van der Waals surface area contributed by atoms with Crippen LogP contribution in [0.2, 0.25) is 0 Å². The molecular weight excluding hydrogens is 253 g/mol. The van der Waals surface area contributed by atoms with Crippen LogP contribution < -0.4 is 11.1 Å². The molecule has 1 heterocycles. The van der Waals surface area contributed by atoms with Gasteiger partial charge in [0.2, 0.25) is 0 Å². The Balaban J connectivity index is 2.88. The first-order chi connectivity index (χ1) is 8.35. The third kappa shape index (κ3) is 3.75. The molecule has 18 heavy (non-hydrogen) atoms. The molecule has 0 aliphatic heterocycles. The Labute approximate surface area is 100 Å². The Morgan fingerprint density at radius 3 is 2.72 bits per heavy atom. The van der Waals surface area contributed by atoms with Crippen molar-refractivity contribution in [1.29, 1.82) is 0 Å². The molecule has 0 saturated heterocycles. The van der Waals surface area contributed by atoms with Gasteiger partial charge in [0.05, 0.1) is 6.61 Å². The van der Waals surface area contributed by atoms with Crippen molar-refractivity contribution in [2.24, 2.45) is 0 Å². The maximum Gasteiger partial charge on any atom is 0.405 e. The fourth-order valence-corrected chi connectivity index (χ4v) is 1.08. The number of nitrogens with zero attached hydrogens (tertiary/aromatic N) is 2. The van der Waals surface area contributed by atoms with E-state index in [1.54, 1.807) is 6.92 Å². The van der Waals surface area contributed by atoms with Gasteiger partial charge in [0, 0.05) is 0 Å². The highest BCUT2D eigenvalue weighted by Crippen LogP contribution is 2.21. The minimum Gasteiger partial charge on any atom is -0.461 e. The summed E-state index contributed by atoms with van der Waals surface area (Å²) in [7, 11) is 0. The Hall–Kier alpha value is -2.06. The second-order valence-corrected chi connectivity index (χ2v) is 3.17. The lowest BCUT2D eigenvalue weighted by Crippen LogP contribution is -2.23. The average molecular weight is 264 g/mol. The van der Waals surface area contributed by atoms with E-state index in [1.165, 1.54) is 0 Å². The number of aromatic nitrogens is 2. The predicted octanol–water partition coefficient (Wildman–Crippen LogP) is 1.21. The number of halogens is 3. The van der Waals surface area contributed by atoms with Gasteiger partial charge in [-0.25, -0.2) is 14.8 Å². The molecule has 100 valence electrons. The number of esters is 1. The van der Waals surface area contributed by atoms with E-state index in [1.807, 2.05) is 5.32 Å². The molecule has 9 heteroatoms. The van der Waals surface area contributed by atoms with Crippen molar-refractivity contribution >= 4 is 17.5 Å². The Kier molecular flexibility index (Phi) is 4.29. The molecule has 0 atom stereocenters. The van der Waals surface area contributed by atoms with Gasteiger partial charge in [-0.15, -0.1) is 0 Å². The number of rotatable bonds is 4. The Bertz CT molecular complexity index is 436. The van der Waals surface area contributed by atoms with E-state index in [0.717, 1.165) is 6.33 Å². The highest BCUT2D eigenvalue weighted by Gasteiger charge is 2.27. The number of anilines is 2. The summed E-state index contributed by atoms with van der Waals surface area (Å²) in [6.07, 6.45) is -3.48. The lowest BCUT2D eigenvalue weighted by atomic mass is 10.3. The van der Waals surface area contributed by atoms with E-state index in [2.05, 4.69) is 14.7 Å². The smallest absolute Gasteiger partial charge is 0.405 e. The largest absolute Gasteiger partial charge is 0.461 e. The van der Waals surface area contributed by atoms with Crippen molar-refractivity contribution in [3.63, 3.8) is 0 Å². The van der Waals surface area contributed by atoms with Gasteiger partial charge in [0.15, 0.2) is 11.5 Å². The molecule has 0 aliphatic rings. The third-order valence-corrected chi connectivity index (χ3v) is 1.81. The predicted molar refractivity (Wildman–Crippen MR) is 56.9 cm³/mol. The standard InChI is InChI=1S/C9H11F3N4O2/c1-2-18-8(17)6-5(13)7(16-4-15-6)14-3-9(10,11)12/h4H,2-3,13H2,1H3,(H,14,15,16). The minimum absolute atomic E-state index is 0.105. The number of nitrogens with one attached hydrogen (secondary N) is 1. The van der Waals surface area contributed by atoms with Crippen molar-refractivity contribution in [2.75, 3.05) is 24.2 Å². The van der Waals surface area contributed by atoms with Crippen LogP contribution in [0.5, 0.6) is 0 Å². The minimum atomic E-state index is -4.42. The number of hydrogen-bond donors (Lipinski definition) is 2. The van der Waals surface area contributed by atoms with Gasteiger partial charge in [-0.1, -0.05) is 0 Å². The zero-order chi connectivity index (χ0) is 13.8. The summed E-state index contributed by atoms with van der Waals surface area (Å²) in [5.41, 5.74) is 4.94. The van der Waals surface area contributed by atoms with Crippen LogP contribution in [0.15, 0.2) is 6.33 Å². The van der Waals surface area contributed by atoms with Crippen molar-refractivity contribution in [3.05, 3.63) is 12.0 Å². The highest BCUT2D eigenvalue weighted by molar-refractivity contribution is 5.95. The van der Waals surface area contributed by atoms with Gasteiger partial charge in [0.1, 0.15) is 18.6 Å². The number of nitrogen functional groups attached to an aromatic ring is 1. The SMILES string of the molecule is CCOC(=O)c1ncnc(NCC(F)(F)F)c1N. The summed E-state index contributed by atoms with van der Waals surface area (Å²) in [6.45, 7) is 0.377. The molecule has 0 radical (unpaired) electrons. The average Bonchev–Trinajstić information content (AvgIpc) is 2.26. The molecule has 3 N–H and O–H groups in total. The zero-order valence-corrected chi connectivity index (χ0v) is 9.41. The van der Waals surface area contributed by atoms with Gasteiger partial charge in [-0.05, 0) is 6.92 Å². The van der Waals surface area contributed by atoms with Gasteiger partial charge < -0.3 is 15.8 Å². The van der Waals surface area contributed by atoms with Crippen LogP contribution in [-0.4, -0.2) is 35.3 Å². The Morgan fingerprint density at radius 1 is 1.50 bits per heavy atom. The summed E-state index contributed by atoms with van der Waals surface area (Å²) in [4.78, 5) is 18.5. The van der Waals surface area contributed by atoms with Crippen molar-refractivity contribution in [1.82, 2.24) is 9.97 Å². The lowest BCUT2D eigenvalue weighted by Gasteiger charge is -2.11. The van der Waals surface area contributed by atoms with Gasteiger partial charge >= 0.3 is 12.1 Å². The van der Waals surface area contributed by atoms with Crippen molar-refractivity contribution in [3.8, 4) is 0 Å². The second-order valence-electron chi connectivity index (χ2n) is 3.17. The fraction of sp³-hybridized carbons (Fsp3) is 0.444. The number of hydrogen-bond acceptors (Lipinski definition) is 6. The van der Waals surface area contributed by atoms with E-state index < -0.39 is 18.7 Å². The van der Waals surface area contributed by atoms with Crippen LogP contribution in [0.25, 0.3) is 0 Å². The molecule has 0 saturated carbocycles.